The molecule has 0 unspecified atom stereocenters. The molecule has 0 atom stereocenters. The first-order chi connectivity index (χ1) is 10.1. The summed E-state index contributed by atoms with van der Waals surface area (Å²) in [5.41, 5.74) is 6.11. The van der Waals surface area contributed by atoms with E-state index < -0.39 is 0 Å². The predicted octanol–water partition coefficient (Wildman–Crippen LogP) is 3.99. The molecule has 0 aliphatic carbocycles. The van der Waals surface area contributed by atoms with Crippen LogP contribution in [-0.4, -0.2) is 9.97 Å². The van der Waals surface area contributed by atoms with Crippen LogP contribution in [0, 0.1) is 0 Å². The van der Waals surface area contributed by atoms with Gasteiger partial charge in [-0.3, -0.25) is 0 Å². The summed E-state index contributed by atoms with van der Waals surface area (Å²) in [5.74, 6) is 1.84. The SMILES string of the molecule is CC(C)c1ccc(-c2nc3c(c(C(C)C)n2)CNC3)cc1. The zero-order chi connectivity index (χ0) is 15.0. The minimum Gasteiger partial charge on any atom is -0.307 e. The van der Waals surface area contributed by atoms with E-state index in [9.17, 15) is 0 Å². The van der Waals surface area contributed by atoms with Crippen molar-refractivity contribution in [3.63, 3.8) is 0 Å². The van der Waals surface area contributed by atoms with Gasteiger partial charge in [-0.25, -0.2) is 9.97 Å². The van der Waals surface area contributed by atoms with Crippen LogP contribution in [0.5, 0.6) is 0 Å². The molecule has 0 amide bonds. The highest BCUT2D eigenvalue weighted by atomic mass is 15.0. The maximum absolute atomic E-state index is 4.84. The van der Waals surface area contributed by atoms with Crippen LogP contribution in [0.2, 0.25) is 0 Å². The van der Waals surface area contributed by atoms with E-state index in [-0.39, 0.29) is 0 Å². The lowest BCUT2D eigenvalue weighted by Crippen LogP contribution is -2.05. The van der Waals surface area contributed by atoms with Gasteiger partial charge < -0.3 is 5.32 Å². The molecule has 0 saturated heterocycles. The number of hydrogen-bond acceptors (Lipinski definition) is 3. The van der Waals surface area contributed by atoms with Crippen LogP contribution < -0.4 is 5.32 Å². The zero-order valence-corrected chi connectivity index (χ0v) is 13.3. The van der Waals surface area contributed by atoms with Gasteiger partial charge in [-0.05, 0) is 17.4 Å². The molecule has 1 aliphatic heterocycles. The topological polar surface area (TPSA) is 37.8 Å². The second-order valence-electron chi connectivity index (χ2n) is 6.39. The first kappa shape index (κ1) is 14.2. The molecular weight excluding hydrogens is 258 g/mol. The van der Waals surface area contributed by atoms with Crippen LogP contribution in [0.1, 0.15) is 62.0 Å². The van der Waals surface area contributed by atoms with Gasteiger partial charge in [0.15, 0.2) is 5.82 Å². The van der Waals surface area contributed by atoms with E-state index in [0.29, 0.717) is 11.8 Å². The molecule has 1 aromatic heterocycles. The summed E-state index contributed by atoms with van der Waals surface area (Å²) >= 11 is 0. The summed E-state index contributed by atoms with van der Waals surface area (Å²) < 4.78 is 0. The summed E-state index contributed by atoms with van der Waals surface area (Å²) in [4.78, 5) is 9.61. The molecule has 3 rings (SSSR count). The standard InChI is InChI=1S/C18H23N3/c1-11(2)13-5-7-14(8-6-13)18-20-16-10-19-9-15(16)17(21-18)12(3)4/h5-8,11-12,19H,9-10H2,1-4H3. The maximum atomic E-state index is 4.84. The van der Waals surface area contributed by atoms with Crippen LogP contribution >= 0.6 is 0 Å². The number of rotatable bonds is 3. The molecule has 1 N–H and O–H groups in total. The molecule has 0 saturated carbocycles. The van der Waals surface area contributed by atoms with Gasteiger partial charge in [-0.2, -0.15) is 0 Å². The quantitative estimate of drug-likeness (QED) is 0.924. The fraction of sp³-hybridized carbons (Fsp3) is 0.444. The molecule has 110 valence electrons. The Labute approximate surface area is 126 Å². The molecular formula is C18H23N3. The number of hydrogen-bond donors (Lipinski definition) is 1. The Morgan fingerprint density at radius 1 is 0.905 bits per heavy atom. The predicted molar refractivity (Wildman–Crippen MR) is 86.2 cm³/mol. The molecule has 3 heteroatoms. The minimum atomic E-state index is 0.426. The highest BCUT2D eigenvalue weighted by Crippen LogP contribution is 2.27. The first-order valence-corrected chi connectivity index (χ1v) is 7.77. The molecule has 0 bridgehead atoms. The van der Waals surface area contributed by atoms with Crippen molar-refractivity contribution >= 4 is 0 Å². The van der Waals surface area contributed by atoms with Gasteiger partial charge in [0.25, 0.3) is 0 Å². The molecule has 1 aliphatic rings. The lowest BCUT2D eigenvalue weighted by atomic mass is 10.0. The number of benzene rings is 1. The summed E-state index contributed by atoms with van der Waals surface area (Å²) in [6.45, 7) is 10.6. The Balaban J connectivity index is 2.04. The van der Waals surface area contributed by atoms with Crippen molar-refractivity contribution in [3.05, 3.63) is 46.8 Å². The molecule has 2 heterocycles. The van der Waals surface area contributed by atoms with Crippen molar-refractivity contribution in [3.8, 4) is 11.4 Å². The average molecular weight is 281 g/mol. The Kier molecular flexibility index (Phi) is 3.77. The van der Waals surface area contributed by atoms with Gasteiger partial charge in [0.05, 0.1) is 11.4 Å². The third-order valence-corrected chi connectivity index (χ3v) is 4.10. The highest BCUT2D eigenvalue weighted by molar-refractivity contribution is 5.57. The van der Waals surface area contributed by atoms with E-state index in [0.717, 1.165) is 30.2 Å². The van der Waals surface area contributed by atoms with Crippen molar-refractivity contribution in [1.82, 2.24) is 15.3 Å². The molecule has 1 aromatic carbocycles. The van der Waals surface area contributed by atoms with Gasteiger partial charge >= 0.3 is 0 Å². The second kappa shape index (κ2) is 5.57. The summed E-state index contributed by atoms with van der Waals surface area (Å²) in [6.07, 6.45) is 0. The van der Waals surface area contributed by atoms with Gasteiger partial charge in [0.1, 0.15) is 0 Å². The molecule has 0 fully saturated rings. The number of aromatic nitrogens is 2. The number of fused-ring (bicyclic) bond motifs is 1. The molecule has 0 spiro atoms. The first-order valence-electron chi connectivity index (χ1n) is 7.77. The Hall–Kier alpha value is -1.74. The van der Waals surface area contributed by atoms with E-state index >= 15 is 0 Å². The van der Waals surface area contributed by atoms with E-state index in [2.05, 4.69) is 57.3 Å². The Bertz CT molecular complexity index is 642. The number of nitrogens with one attached hydrogen (secondary N) is 1. The van der Waals surface area contributed by atoms with E-state index in [1.807, 2.05) is 0 Å². The monoisotopic (exact) mass is 281 g/mol. The zero-order valence-electron chi connectivity index (χ0n) is 13.3. The fourth-order valence-electron chi connectivity index (χ4n) is 2.82. The van der Waals surface area contributed by atoms with Gasteiger partial charge in [0.2, 0.25) is 0 Å². The third kappa shape index (κ3) is 2.70. The highest BCUT2D eigenvalue weighted by Gasteiger charge is 2.21. The van der Waals surface area contributed by atoms with E-state index in [1.54, 1.807) is 0 Å². The van der Waals surface area contributed by atoms with Crippen LogP contribution in [0.4, 0.5) is 0 Å². The van der Waals surface area contributed by atoms with Crippen LogP contribution in [0.3, 0.4) is 0 Å². The number of nitrogens with zero attached hydrogens (tertiary/aromatic N) is 2. The maximum Gasteiger partial charge on any atom is 0.159 e. The normalized spacial score (nSPS) is 14.0. The smallest absolute Gasteiger partial charge is 0.159 e. The van der Waals surface area contributed by atoms with Crippen molar-refractivity contribution in [2.24, 2.45) is 0 Å². The van der Waals surface area contributed by atoms with Gasteiger partial charge in [-0.15, -0.1) is 0 Å². The van der Waals surface area contributed by atoms with Gasteiger partial charge in [-0.1, -0.05) is 52.0 Å². The molecule has 3 nitrogen and oxygen atoms in total. The second-order valence-corrected chi connectivity index (χ2v) is 6.39. The van der Waals surface area contributed by atoms with Crippen molar-refractivity contribution < 1.29 is 0 Å². The van der Waals surface area contributed by atoms with E-state index in [1.165, 1.54) is 16.8 Å². The molecule has 0 radical (unpaired) electrons. The molecule has 2 aromatic rings. The van der Waals surface area contributed by atoms with E-state index in [4.69, 9.17) is 9.97 Å². The lowest BCUT2D eigenvalue weighted by Gasteiger charge is -2.13. The summed E-state index contributed by atoms with van der Waals surface area (Å²) in [5, 5.41) is 3.38. The largest absolute Gasteiger partial charge is 0.307 e. The van der Waals surface area contributed by atoms with Crippen LogP contribution in [0.15, 0.2) is 24.3 Å². The average Bonchev–Trinajstić information content (AvgIpc) is 2.94. The minimum absolute atomic E-state index is 0.426. The van der Waals surface area contributed by atoms with Gasteiger partial charge in [0, 0.05) is 24.2 Å². The molecule has 21 heavy (non-hydrogen) atoms. The van der Waals surface area contributed by atoms with Crippen LogP contribution in [0.25, 0.3) is 11.4 Å². The third-order valence-electron chi connectivity index (χ3n) is 4.10. The lowest BCUT2D eigenvalue weighted by molar-refractivity contribution is 0.746. The van der Waals surface area contributed by atoms with Crippen molar-refractivity contribution in [2.45, 2.75) is 52.6 Å². The Morgan fingerprint density at radius 3 is 2.24 bits per heavy atom. The van der Waals surface area contributed by atoms with Crippen LogP contribution in [-0.2, 0) is 13.1 Å². The van der Waals surface area contributed by atoms with Crippen molar-refractivity contribution in [2.75, 3.05) is 0 Å². The summed E-state index contributed by atoms with van der Waals surface area (Å²) in [7, 11) is 0. The fourth-order valence-corrected chi connectivity index (χ4v) is 2.82. The summed E-state index contributed by atoms with van der Waals surface area (Å²) in [6, 6.07) is 8.65. The Morgan fingerprint density at radius 2 is 1.62 bits per heavy atom. The van der Waals surface area contributed by atoms with Crippen molar-refractivity contribution in [1.29, 1.82) is 0 Å².